The first-order valence-electron chi connectivity index (χ1n) is 9.95. The summed E-state index contributed by atoms with van der Waals surface area (Å²) in [5.74, 6) is -1.30. The highest BCUT2D eigenvalue weighted by Crippen LogP contribution is 2.18. The molecule has 0 spiro atoms. The number of carbonyl (C=O) groups excluding carboxylic acids is 3. The zero-order chi connectivity index (χ0) is 22.1. The van der Waals surface area contributed by atoms with E-state index in [9.17, 15) is 14.4 Å². The van der Waals surface area contributed by atoms with E-state index in [1.165, 1.54) is 0 Å². The molecule has 6 nitrogen and oxygen atoms in total. The quantitative estimate of drug-likeness (QED) is 0.543. The smallest absolute Gasteiger partial charge is 0.308 e. The molecule has 0 aliphatic rings. The molecular formula is C25H24N2O4. The lowest BCUT2D eigenvalue weighted by molar-refractivity contribution is -0.147. The van der Waals surface area contributed by atoms with Crippen LogP contribution in [0, 0.1) is 6.92 Å². The third-order valence-corrected chi connectivity index (χ3v) is 4.70. The SMILES string of the molecule is Cc1ccccc1NC(=O)COC(=O)CC(NC(=O)c1ccccc1)c1ccccc1. The van der Waals surface area contributed by atoms with Crippen molar-refractivity contribution < 1.29 is 19.1 Å². The molecule has 1 unspecified atom stereocenters. The third kappa shape index (κ3) is 6.54. The van der Waals surface area contributed by atoms with E-state index in [0.717, 1.165) is 11.1 Å². The first kappa shape index (κ1) is 21.8. The van der Waals surface area contributed by atoms with Gasteiger partial charge in [-0.2, -0.15) is 0 Å². The van der Waals surface area contributed by atoms with Crippen molar-refractivity contribution in [1.82, 2.24) is 5.32 Å². The molecule has 0 saturated carbocycles. The van der Waals surface area contributed by atoms with Gasteiger partial charge in [-0.1, -0.05) is 66.7 Å². The molecule has 0 aliphatic carbocycles. The Morgan fingerprint density at radius 1 is 0.839 bits per heavy atom. The van der Waals surface area contributed by atoms with Crippen LogP contribution in [0.25, 0.3) is 0 Å². The van der Waals surface area contributed by atoms with Crippen LogP contribution in [0.4, 0.5) is 5.69 Å². The summed E-state index contributed by atoms with van der Waals surface area (Å²) in [5.41, 5.74) is 2.85. The molecule has 3 aromatic carbocycles. The van der Waals surface area contributed by atoms with Crippen molar-refractivity contribution in [3.8, 4) is 0 Å². The minimum Gasteiger partial charge on any atom is -0.455 e. The van der Waals surface area contributed by atoms with Gasteiger partial charge in [-0.15, -0.1) is 0 Å². The zero-order valence-corrected chi connectivity index (χ0v) is 17.2. The molecular weight excluding hydrogens is 392 g/mol. The standard InChI is InChI=1S/C25H24N2O4/c1-18-10-8-9-15-21(18)26-23(28)17-31-24(29)16-22(19-11-4-2-5-12-19)27-25(30)20-13-6-3-7-14-20/h2-15,22H,16-17H2,1H3,(H,26,28)(H,27,30). The minimum absolute atomic E-state index is 0.0970. The Morgan fingerprint density at radius 3 is 2.13 bits per heavy atom. The number of hydrogen-bond acceptors (Lipinski definition) is 4. The Kier molecular flexibility index (Phi) is 7.54. The van der Waals surface area contributed by atoms with Crippen LogP contribution in [0.2, 0.25) is 0 Å². The van der Waals surface area contributed by atoms with Crippen LogP contribution < -0.4 is 10.6 Å². The molecule has 6 heteroatoms. The summed E-state index contributed by atoms with van der Waals surface area (Å²) < 4.78 is 5.15. The molecule has 0 heterocycles. The number of amides is 2. The van der Waals surface area contributed by atoms with Gasteiger partial charge in [0.1, 0.15) is 0 Å². The van der Waals surface area contributed by atoms with E-state index in [4.69, 9.17) is 4.74 Å². The lowest BCUT2D eigenvalue weighted by Gasteiger charge is -2.19. The summed E-state index contributed by atoms with van der Waals surface area (Å²) in [6, 6.07) is 24.7. The zero-order valence-electron chi connectivity index (χ0n) is 17.2. The number of ether oxygens (including phenoxy) is 1. The number of rotatable bonds is 8. The molecule has 2 N–H and O–H groups in total. The Balaban J connectivity index is 1.60. The Bertz CT molecular complexity index is 1040. The number of esters is 1. The highest BCUT2D eigenvalue weighted by atomic mass is 16.5. The molecule has 0 saturated heterocycles. The maximum absolute atomic E-state index is 12.6. The van der Waals surface area contributed by atoms with Crippen LogP contribution in [0.3, 0.4) is 0 Å². The second-order valence-corrected chi connectivity index (χ2v) is 7.03. The van der Waals surface area contributed by atoms with Crippen molar-refractivity contribution >= 4 is 23.5 Å². The number of nitrogens with one attached hydrogen (secondary N) is 2. The summed E-state index contributed by atoms with van der Waals surface area (Å²) in [6.45, 7) is 1.48. The number of benzene rings is 3. The molecule has 31 heavy (non-hydrogen) atoms. The van der Waals surface area contributed by atoms with Crippen molar-refractivity contribution in [2.45, 2.75) is 19.4 Å². The molecule has 3 rings (SSSR count). The minimum atomic E-state index is -0.583. The predicted molar refractivity (Wildman–Crippen MR) is 118 cm³/mol. The fourth-order valence-electron chi connectivity index (χ4n) is 3.04. The average Bonchev–Trinajstić information content (AvgIpc) is 2.80. The van der Waals surface area contributed by atoms with E-state index in [-0.39, 0.29) is 12.3 Å². The first-order valence-corrected chi connectivity index (χ1v) is 9.95. The number of aryl methyl sites for hydroxylation is 1. The number of hydrogen-bond donors (Lipinski definition) is 2. The van der Waals surface area contributed by atoms with E-state index in [2.05, 4.69) is 10.6 Å². The molecule has 158 valence electrons. The van der Waals surface area contributed by atoms with E-state index >= 15 is 0 Å². The van der Waals surface area contributed by atoms with Crippen LogP contribution in [0.5, 0.6) is 0 Å². The molecule has 0 aromatic heterocycles. The van der Waals surface area contributed by atoms with Crippen LogP contribution in [0.15, 0.2) is 84.9 Å². The molecule has 3 aromatic rings. The van der Waals surface area contributed by atoms with Gasteiger partial charge in [-0.3, -0.25) is 14.4 Å². The monoisotopic (exact) mass is 416 g/mol. The number of carbonyl (C=O) groups is 3. The molecule has 0 bridgehead atoms. The summed E-state index contributed by atoms with van der Waals surface area (Å²) in [7, 11) is 0. The van der Waals surface area contributed by atoms with E-state index in [1.54, 1.807) is 30.3 Å². The van der Waals surface area contributed by atoms with Crippen LogP contribution in [-0.4, -0.2) is 24.4 Å². The van der Waals surface area contributed by atoms with Gasteiger partial charge < -0.3 is 15.4 Å². The molecule has 0 radical (unpaired) electrons. The lowest BCUT2D eigenvalue weighted by atomic mass is 10.0. The van der Waals surface area contributed by atoms with Crippen LogP contribution in [-0.2, 0) is 14.3 Å². The van der Waals surface area contributed by atoms with Crippen LogP contribution in [0.1, 0.15) is 33.9 Å². The maximum Gasteiger partial charge on any atom is 0.308 e. The molecule has 0 aliphatic heterocycles. The van der Waals surface area contributed by atoms with Crippen molar-refractivity contribution in [2.75, 3.05) is 11.9 Å². The van der Waals surface area contributed by atoms with Gasteiger partial charge in [0.25, 0.3) is 11.8 Å². The maximum atomic E-state index is 12.6. The van der Waals surface area contributed by atoms with Crippen molar-refractivity contribution in [1.29, 1.82) is 0 Å². The average molecular weight is 416 g/mol. The normalized spacial score (nSPS) is 11.3. The van der Waals surface area contributed by atoms with Gasteiger partial charge in [0, 0.05) is 11.3 Å². The summed E-state index contributed by atoms with van der Waals surface area (Å²) in [6.07, 6.45) is -0.0970. The van der Waals surface area contributed by atoms with Gasteiger partial charge in [-0.25, -0.2) is 0 Å². The van der Waals surface area contributed by atoms with Crippen molar-refractivity contribution in [3.05, 3.63) is 102 Å². The second-order valence-electron chi connectivity index (χ2n) is 7.03. The third-order valence-electron chi connectivity index (χ3n) is 4.70. The molecule has 2 amide bonds. The van der Waals surface area contributed by atoms with E-state index < -0.39 is 24.5 Å². The van der Waals surface area contributed by atoms with Crippen LogP contribution >= 0.6 is 0 Å². The second kappa shape index (κ2) is 10.7. The van der Waals surface area contributed by atoms with Gasteiger partial charge in [0.15, 0.2) is 6.61 Å². The number of para-hydroxylation sites is 1. The lowest BCUT2D eigenvalue weighted by Crippen LogP contribution is -2.31. The van der Waals surface area contributed by atoms with Crippen molar-refractivity contribution in [2.24, 2.45) is 0 Å². The summed E-state index contributed by atoms with van der Waals surface area (Å²) >= 11 is 0. The number of anilines is 1. The van der Waals surface area contributed by atoms with Gasteiger partial charge in [0.2, 0.25) is 0 Å². The first-order chi connectivity index (χ1) is 15.0. The molecule has 1 atom stereocenters. The Hall–Kier alpha value is -3.93. The van der Waals surface area contributed by atoms with Gasteiger partial charge in [0.05, 0.1) is 12.5 Å². The van der Waals surface area contributed by atoms with Crippen molar-refractivity contribution in [3.63, 3.8) is 0 Å². The highest BCUT2D eigenvalue weighted by molar-refractivity contribution is 5.95. The van der Waals surface area contributed by atoms with E-state index in [0.29, 0.717) is 11.3 Å². The Morgan fingerprint density at radius 2 is 1.45 bits per heavy atom. The fraction of sp³-hybridized carbons (Fsp3) is 0.160. The summed E-state index contributed by atoms with van der Waals surface area (Å²) in [4.78, 5) is 37.1. The predicted octanol–water partition coefficient (Wildman–Crippen LogP) is 4.04. The van der Waals surface area contributed by atoms with E-state index in [1.807, 2.05) is 61.5 Å². The van der Waals surface area contributed by atoms with Gasteiger partial charge >= 0.3 is 5.97 Å². The molecule has 0 fully saturated rings. The highest BCUT2D eigenvalue weighted by Gasteiger charge is 2.20. The fourth-order valence-corrected chi connectivity index (χ4v) is 3.04. The largest absolute Gasteiger partial charge is 0.455 e. The summed E-state index contributed by atoms with van der Waals surface area (Å²) in [5, 5.41) is 5.59. The van der Waals surface area contributed by atoms with Gasteiger partial charge in [-0.05, 0) is 36.2 Å². The topological polar surface area (TPSA) is 84.5 Å². The Labute approximate surface area is 181 Å².